The van der Waals surface area contributed by atoms with E-state index in [1.807, 2.05) is 36.4 Å². The van der Waals surface area contributed by atoms with Crippen molar-refractivity contribution in [1.82, 2.24) is 4.90 Å². The van der Waals surface area contributed by atoms with Crippen LogP contribution in [0.3, 0.4) is 0 Å². The highest BCUT2D eigenvalue weighted by atomic mass is 16.5. The van der Waals surface area contributed by atoms with Crippen LogP contribution < -0.4 is 0 Å². The molecule has 2 rings (SSSR count). The zero-order valence-corrected chi connectivity index (χ0v) is 13.9. The van der Waals surface area contributed by atoms with Gasteiger partial charge in [-0.1, -0.05) is 60.7 Å². The van der Waals surface area contributed by atoms with Crippen molar-refractivity contribution in [2.24, 2.45) is 0 Å². The summed E-state index contributed by atoms with van der Waals surface area (Å²) < 4.78 is 5.85. The third-order valence-corrected chi connectivity index (χ3v) is 4.22. The van der Waals surface area contributed by atoms with Gasteiger partial charge in [0.1, 0.15) is 0 Å². The van der Waals surface area contributed by atoms with Crippen molar-refractivity contribution in [1.29, 1.82) is 5.26 Å². The molecule has 0 saturated carbocycles. The molecule has 0 spiro atoms. The van der Waals surface area contributed by atoms with E-state index in [1.54, 1.807) is 0 Å². The molecule has 0 aliphatic carbocycles. The number of nitrogens with zero attached hydrogens (tertiary/aromatic N) is 2. The third-order valence-electron chi connectivity index (χ3n) is 4.22. The van der Waals surface area contributed by atoms with Gasteiger partial charge in [0.25, 0.3) is 0 Å². The number of nitriles is 1. The Morgan fingerprint density at radius 1 is 1.04 bits per heavy atom. The quantitative estimate of drug-likeness (QED) is 0.734. The number of rotatable bonds is 8. The fourth-order valence-electron chi connectivity index (χ4n) is 2.60. The zero-order chi connectivity index (χ0) is 16.5. The Morgan fingerprint density at radius 2 is 1.65 bits per heavy atom. The van der Waals surface area contributed by atoms with Gasteiger partial charge in [0, 0.05) is 12.1 Å². The summed E-state index contributed by atoms with van der Waals surface area (Å²) in [5.41, 5.74) is 2.41. The molecule has 0 aliphatic rings. The number of ether oxygens (including phenoxy) is 1. The summed E-state index contributed by atoms with van der Waals surface area (Å²) in [4.78, 5) is 2.23. The highest BCUT2D eigenvalue weighted by molar-refractivity contribution is 5.18. The van der Waals surface area contributed by atoms with Crippen molar-refractivity contribution in [3.8, 4) is 6.07 Å². The summed E-state index contributed by atoms with van der Waals surface area (Å²) in [6.07, 6.45) is 0.461. The fraction of sp³-hybridized carbons (Fsp3) is 0.350. The van der Waals surface area contributed by atoms with Crippen molar-refractivity contribution in [2.45, 2.75) is 32.0 Å². The van der Waals surface area contributed by atoms with Gasteiger partial charge in [-0.3, -0.25) is 4.90 Å². The van der Waals surface area contributed by atoms with Crippen molar-refractivity contribution in [3.63, 3.8) is 0 Å². The SMILES string of the molecule is C[C@H](c1ccccc1)N(C)[C@H](CC#N)COCc1ccccc1. The first kappa shape index (κ1) is 17.2. The Balaban J connectivity index is 1.93. The lowest BCUT2D eigenvalue weighted by Crippen LogP contribution is -2.37. The molecule has 0 unspecified atom stereocenters. The number of likely N-dealkylation sites (N-methyl/N-ethyl adjacent to an activating group) is 1. The van der Waals surface area contributed by atoms with Crippen LogP contribution in [0.4, 0.5) is 0 Å². The molecule has 120 valence electrons. The summed E-state index contributed by atoms with van der Waals surface area (Å²) in [5, 5.41) is 9.12. The van der Waals surface area contributed by atoms with Gasteiger partial charge in [-0.05, 0) is 25.1 Å². The fourth-order valence-corrected chi connectivity index (χ4v) is 2.60. The topological polar surface area (TPSA) is 36.3 Å². The summed E-state index contributed by atoms with van der Waals surface area (Å²) >= 11 is 0. The Bertz CT molecular complexity index is 607. The lowest BCUT2D eigenvalue weighted by Gasteiger charge is -2.32. The van der Waals surface area contributed by atoms with Crippen LogP contribution in [0, 0.1) is 11.3 Å². The standard InChI is InChI=1S/C20H24N2O/c1-17(19-11-7-4-8-12-19)22(2)20(13-14-21)16-23-15-18-9-5-3-6-10-18/h3-12,17,20H,13,15-16H2,1-2H3/t17-,20-/m1/s1. The Labute approximate surface area is 139 Å². The summed E-state index contributed by atoms with van der Waals surface area (Å²) in [6.45, 7) is 3.29. The van der Waals surface area contributed by atoms with E-state index in [9.17, 15) is 0 Å². The van der Waals surface area contributed by atoms with Gasteiger partial charge in [0.15, 0.2) is 0 Å². The molecule has 0 N–H and O–H groups in total. The molecule has 3 nitrogen and oxygen atoms in total. The van der Waals surface area contributed by atoms with Crippen molar-refractivity contribution < 1.29 is 4.74 Å². The molecule has 23 heavy (non-hydrogen) atoms. The van der Waals surface area contributed by atoms with Crippen molar-refractivity contribution in [2.75, 3.05) is 13.7 Å². The normalized spacial score (nSPS) is 13.5. The maximum atomic E-state index is 9.12. The van der Waals surface area contributed by atoms with Crippen molar-refractivity contribution in [3.05, 3.63) is 71.8 Å². The van der Waals surface area contributed by atoms with Crippen LogP contribution in [-0.2, 0) is 11.3 Å². The van der Waals surface area contributed by atoms with Crippen molar-refractivity contribution >= 4 is 0 Å². The first-order valence-electron chi connectivity index (χ1n) is 7.98. The van der Waals surface area contributed by atoms with Gasteiger partial charge in [0.2, 0.25) is 0 Å². The molecule has 2 aromatic carbocycles. The highest BCUT2D eigenvalue weighted by Crippen LogP contribution is 2.22. The second kappa shape index (κ2) is 9.09. The van der Waals surface area contributed by atoms with Crippen LogP contribution in [0.25, 0.3) is 0 Å². The third kappa shape index (κ3) is 5.21. The lowest BCUT2D eigenvalue weighted by molar-refractivity contribution is 0.0479. The van der Waals surface area contributed by atoms with E-state index in [0.717, 1.165) is 5.56 Å². The Hall–Kier alpha value is -2.15. The van der Waals surface area contributed by atoms with Crippen LogP contribution in [0.15, 0.2) is 60.7 Å². The van der Waals surface area contributed by atoms with Gasteiger partial charge in [-0.25, -0.2) is 0 Å². The minimum Gasteiger partial charge on any atom is -0.375 e. The van der Waals surface area contributed by atoms with E-state index < -0.39 is 0 Å². The van der Waals surface area contributed by atoms with Gasteiger partial charge >= 0.3 is 0 Å². The minimum absolute atomic E-state index is 0.0823. The molecule has 0 amide bonds. The molecule has 2 atom stereocenters. The molecule has 3 heteroatoms. The van der Waals surface area contributed by atoms with Crippen LogP contribution in [-0.4, -0.2) is 24.6 Å². The molecule has 0 saturated heterocycles. The molecule has 0 aromatic heterocycles. The second-order valence-corrected chi connectivity index (χ2v) is 5.77. The largest absolute Gasteiger partial charge is 0.375 e. The molecule has 0 radical (unpaired) electrons. The molecule has 0 fully saturated rings. The molecular formula is C20H24N2O. The predicted molar refractivity (Wildman–Crippen MR) is 92.7 cm³/mol. The van der Waals surface area contributed by atoms with E-state index in [0.29, 0.717) is 19.6 Å². The smallest absolute Gasteiger partial charge is 0.0717 e. The van der Waals surface area contributed by atoms with Gasteiger partial charge in [-0.15, -0.1) is 0 Å². The molecule has 0 bridgehead atoms. The molecule has 2 aromatic rings. The maximum absolute atomic E-state index is 9.12. The highest BCUT2D eigenvalue weighted by Gasteiger charge is 2.21. The van der Waals surface area contributed by atoms with E-state index in [2.05, 4.69) is 49.2 Å². The van der Waals surface area contributed by atoms with Gasteiger partial charge in [-0.2, -0.15) is 5.26 Å². The lowest BCUT2D eigenvalue weighted by atomic mass is 10.0. The summed E-state index contributed by atoms with van der Waals surface area (Å²) in [5.74, 6) is 0. The Morgan fingerprint density at radius 3 is 2.26 bits per heavy atom. The molecule has 0 aliphatic heterocycles. The molecule has 0 heterocycles. The minimum atomic E-state index is 0.0823. The van der Waals surface area contributed by atoms with E-state index in [4.69, 9.17) is 10.00 Å². The summed E-state index contributed by atoms with van der Waals surface area (Å²) in [6, 6.07) is 23.1. The van der Waals surface area contributed by atoms with E-state index in [1.165, 1.54) is 5.56 Å². The van der Waals surface area contributed by atoms with Crippen LogP contribution >= 0.6 is 0 Å². The predicted octanol–water partition coefficient (Wildman–Crippen LogP) is 4.18. The number of hydrogen-bond acceptors (Lipinski definition) is 3. The van der Waals surface area contributed by atoms with E-state index >= 15 is 0 Å². The first-order valence-corrected chi connectivity index (χ1v) is 7.98. The van der Waals surface area contributed by atoms with Crippen LogP contribution in [0.1, 0.15) is 30.5 Å². The van der Waals surface area contributed by atoms with Crippen LogP contribution in [0.2, 0.25) is 0 Å². The molecular weight excluding hydrogens is 284 g/mol. The number of hydrogen-bond donors (Lipinski definition) is 0. The van der Waals surface area contributed by atoms with E-state index in [-0.39, 0.29) is 12.1 Å². The zero-order valence-electron chi connectivity index (χ0n) is 13.9. The average molecular weight is 308 g/mol. The summed E-state index contributed by atoms with van der Waals surface area (Å²) in [7, 11) is 2.06. The monoisotopic (exact) mass is 308 g/mol. The second-order valence-electron chi connectivity index (χ2n) is 5.77. The number of benzene rings is 2. The first-order chi connectivity index (χ1) is 11.2. The van der Waals surface area contributed by atoms with Crippen LogP contribution in [0.5, 0.6) is 0 Å². The average Bonchev–Trinajstić information content (AvgIpc) is 2.61. The van der Waals surface area contributed by atoms with Gasteiger partial charge in [0.05, 0.1) is 25.7 Å². The maximum Gasteiger partial charge on any atom is 0.0717 e. The Kier molecular flexibility index (Phi) is 6.80. The van der Waals surface area contributed by atoms with Gasteiger partial charge < -0.3 is 4.74 Å².